The maximum absolute atomic E-state index is 11.7. The first-order chi connectivity index (χ1) is 11.3. The predicted octanol–water partition coefficient (Wildman–Crippen LogP) is -1.41. The Morgan fingerprint density at radius 2 is 1.83 bits per heavy atom. The van der Waals surface area contributed by atoms with Crippen LogP contribution in [0.3, 0.4) is 0 Å². The van der Waals surface area contributed by atoms with Crippen molar-refractivity contribution < 1.29 is 24.3 Å². The summed E-state index contributed by atoms with van der Waals surface area (Å²) in [5, 5.41) is 19.3. The summed E-state index contributed by atoms with van der Waals surface area (Å²) in [6.07, 6.45) is 2.26. The van der Waals surface area contributed by atoms with E-state index < -0.39 is 23.8 Å². The van der Waals surface area contributed by atoms with E-state index in [1.165, 1.54) is 0 Å². The molecular formula is C15H26N4O5. The molecule has 9 heteroatoms. The molecule has 1 heterocycles. The molecule has 1 saturated heterocycles. The number of rotatable bonds is 9. The smallest absolute Gasteiger partial charge is 0.326 e. The Bertz CT molecular complexity index is 476. The number of carboxylic acids is 1. The summed E-state index contributed by atoms with van der Waals surface area (Å²) in [7, 11) is 0. The number of hydrogen-bond acceptors (Lipinski definition) is 5. The Morgan fingerprint density at radius 1 is 1.17 bits per heavy atom. The number of carbonyl (C=O) groups is 4. The minimum atomic E-state index is -1.11. The highest BCUT2D eigenvalue weighted by molar-refractivity contribution is 5.90. The molecule has 1 aliphatic rings. The van der Waals surface area contributed by atoms with Gasteiger partial charge in [-0.1, -0.05) is 20.3 Å². The minimum Gasteiger partial charge on any atom is -0.480 e. The van der Waals surface area contributed by atoms with Gasteiger partial charge in [0.2, 0.25) is 17.7 Å². The molecule has 24 heavy (non-hydrogen) atoms. The van der Waals surface area contributed by atoms with Gasteiger partial charge < -0.3 is 26.4 Å². The molecule has 0 aromatic rings. The highest BCUT2D eigenvalue weighted by Gasteiger charge is 2.25. The predicted molar refractivity (Wildman–Crippen MR) is 86.1 cm³/mol. The summed E-state index contributed by atoms with van der Waals surface area (Å²) in [5.74, 6) is -2.66. The van der Waals surface area contributed by atoms with Crippen molar-refractivity contribution in [2.75, 3.05) is 19.6 Å². The lowest BCUT2D eigenvalue weighted by atomic mass is 9.99. The third-order valence-electron chi connectivity index (χ3n) is 4.04. The molecule has 1 fully saturated rings. The number of aliphatic carboxylic acids is 1. The number of carboxylic acid groups (broad SMARTS) is 1. The Hall–Kier alpha value is -2.16. The Balaban J connectivity index is 2.28. The van der Waals surface area contributed by atoms with Gasteiger partial charge in [-0.15, -0.1) is 0 Å². The first-order valence-electron chi connectivity index (χ1n) is 8.15. The van der Waals surface area contributed by atoms with E-state index in [2.05, 4.69) is 21.3 Å². The number of nitrogens with one attached hydrogen (secondary N) is 4. The van der Waals surface area contributed by atoms with Crippen LogP contribution in [0.2, 0.25) is 0 Å². The normalized spacial score (nSPS) is 19.2. The maximum atomic E-state index is 11.7. The van der Waals surface area contributed by atoms with Gasteiger partial charge in [0.25, 0.3) is 0 Å². The largest absolute Gasteiger partial charge is 0.480 e. The Morgan fingerprint density at radius 3 is 2.38 bits per heavy atom. The lowest BCUT2D eigenvalue weighted by molar-refractivity contribution is -0.143. The summed E-state index contributed by atoms with van der Waals surface area (Å²) in [6, 6.07) is -1.26. The van der Waals surface area contributed by atoms with Gasteiger partial charge in [-0.2, -0.15) is 0 Å². The van der Waals surface area contributed by atoms with Crippen molar-refractivity contribution in [1.82, 2.24) is 21.3 Å². The molecule has 0 spiro atoms. The van der Waals surface area contributed by atoms with Crippen LogP contribution in [0.5, 0.6) is 0 Å². The van der Waals surface area contributed by atoms with Crippen molar-refractivity contribution in [3.8, 4) is 0 Å². The van der Waals surface area contributed by atoms with E-state index in [1.807, 2.05) is 6.92 Å². The fraction of sp³-hybridized carbons (Fsp3) is 0.733. The first kappa shape index (κ1) is 19.9. The van der Waals surface area contributed by atoms with Crippen LogP contribution in [0, 0.1) is 5.92 Å². The van der Waals surface area contributed by atoms with Gasteiger partial charge in [0.05, 0.1) is 19.1 Å². The summed E-state index contributed by atoms with van der Waals surface area (Å²) in [5.41, 5.74) is 0. The van der Waals surface area contributed by atoms with Crippen molar-refractivity contribution in [1.29, 1.82) is 0 Å². The molecule has 5 N–H and O–H groups in total. The molecule has 0 aliphatic carbocycles. The summed E-state index contributed by atoms with van der Waals surface area (Å²) in [4.78, 5) is 46.2. The van der Waals surface area contributed by atoms with Gasteiger partial charge in [-0.3, -0.25) is 14.4 Å². The molecule has 3 atom stereocenters. The average molecular weight is 342 g/mol. The van der Waals surface area contributed by atoms with E-state index in [9.17, 15) is 19.2 Å². The van der Waals surface area contributed by atoms with E-state index >= 15 is 0 Å². The van der Waals surface area contributed by atoms with Crippen LogP contribution >= 0.6 is 0 Å². The second-order valence-corrected chi connectivity index (χ2v) is 5.91. The summed E-state index contributed by atoms with van der Waals surface area (Å²) < 4.78 is 0. The zero-order chi connectivity index (χ0) is 18.1. The van der Waals surface area contributed by atoms with Crippen LogP contribution in [-0.4, -0.2) is 60.5 Å². The van der Waals surface area contributed by atoms with Crippen molar-refractivity contribution in [2.45, 2.75) is 45.2 Å². The van der Waals surface area contributed by atoms with E-state index in [0.29, 0.717) is 6.42 Å². The number of amides is 3. The Kier molecular flexibility index (Phi) is 8.17. The van der Waals surface area contributed by atoms with Gasteiger partial charge in [0.15, 0.2) is 0 Å². The maximum Gasteiger partial charge on any atom is 0.326 e. The van der Waals surface area contributed by atoms with Gasteiger partial charge in [0, 0.05) is 0 Å². The fourth-order valence-electron chi connectivity index (χ4n) is 2.35. The highest BCUT2D eigenvalue weighted by atomic mass is 16.4. The molecule has 9 nitrogen and oxygen atoms in total. The van der Waals surface area contributed by atoms with Gasteiger partial charge >= 0.3 is 5.97 Å². The van der Waals surface area contributed by atoms with Crippen LogP contribution in [0.25, 0.3) is 0 Å². The van der Waals surface area contributed by atoms with E-state index in [4.69, 9.17) is 5.11 Å². The van der Waals surface area contributed by atoms with Gasteiger partial charge in [-0.25, -0.2) is 4.79 Å². The second kappa shape index (κ2) is 9.86. The molecule has 0 aromatic heterocycles. The Labute approximate surface area is 140 Å². The van der Waals surface area contributed by atoms with Crippen LogP contribution < -0.4 is 21.3 Å². The average Bonchev–Trinajstić information content (AvgIpc) is 3.09. The molecule has 0 aromatic carbocycles. The third kappa shape index (κ3) is 6.53. The van der Waals surface area contributed by atoms with Gasteiger partial charge in [-0.05, 0) is 25.3 Å². The third-order valence-corrected chi connectivity index (χ3v) is 4.04. The van der Waals surface area contributed by atoms with Crippen molar-refractivity contribution >= 4 is 23.7 Å². The topological polar surface area (TPSA) is 137 Å². The molecular weight excluding hydrogens is 316 g/mol. The fourth-order valence-corrected chi connectivity index (χ4v) is 2.35. The number of carbonyl (C=O) groups excluding carboxylic acids is 3. The monoisotopic (exact) mass is 342 g/mol. The summed E-state index contributed by atoms with van der Waals surface area (Å²) in [6.45, 7) is 3.78. The SMILES string of the molecule is CCC(C)C(NC(=O)CNC(=O)CNC(=O)C1CCCN1)C(=O)O. The van der Waals surface area contributed by atoms with E-state index in [-0.39, 0.29) is 31.0 Å². The molecule has 1 rings (SSSR count). The first-order valence-corrected chi connectivity index (χ1v) is 8.15. The zero-order valence-corrected chi connectivity index (χ0v) is 14.1. The van der Waals surface area contributed by atoms with Crippen molar-refractivity contribution in [3.63, 3.8) is 0 Å². The second-order valence-electron chi connectivity index (χ2n) is 5.91. The zero-order valence-electron chi connectivity index (χ0n) is 14.1. The van der Waals surface area contributed by atoms with Crippen LogP contribution in [0.1, 0.15) is 33.1 Å². The van der Waals surface area contributed by atoms with E-state index in [0.717, 1.165) is 19.4 Å². The lowest BCUT2D eigenvalue weighted by Gasteiger charge is -2.20. The molecule has 3 amide bonds. The molecule has 3 unspecified atom stereocenters. The highest BCUT2D eigenvalue weighted by Crippen LogP contribution is 2.07. The van der Waals surface area contributed by atoms with E-state index in [1.54, 1.807) is 6.92 Å². The molecule has 0 bridgehead atoms. The van der Waals surface area contributed by atoms with Crippen LogP contribution in [0.15, 0.2) is 0 Å². The minimum absolute atomic E-state index is 0.222. The van der Waals surface area contributed by atoms with Crippen molar-refractivity contribution in [3.05, 3.63) is 0 Å². The van der Waals surface area contributed by atoms with Crippen LogP contribution in [-0.2, 0) is 19.2 Å². The van der Waals surface area contributed by atoms with Gasteiger partial charge in [0.1, 0.15) is 6.04 Å². The molecule has 136 valence electrons. The summed E-state index contributed by atoms with van der Waals surface area (Å²) >= 11 is 0. The molecule has 1 aliphatic heterocycles. The van der Waals surface area contributed by atoms with Crippen molar-refractivity contribution in [2.24, 2.45) is 5.92 Å². The lowest BCUT2D eigenvalue weighted by Crippen LogP contribution is -2.50. The molecule has 0 saturated carbocycles. The standard InChI is InChI=1S/C15H26N4O5/c1-3-9(2)13(15(23)24)19-12(21)8-17-11(20)7-18-14(22)10-5-4-6-16-10/h9-10,13,16H,3-8H2,1-2H3,(H,17,20)(H,18,22)(H,19,21)(H,23,24). The quantitative estimate of drug-likeness (QED) is 0.349. The number of hydrogen-bond donors (Lipinski definition) is 5. The van der Waals surface area contributed by atoms with Crippen LogP contribution in [0.4, 0.5) is 0 Å². The molecule has 0 radical (unpaired) electrons.